The second-order valence-corrected chi connectivity index (χ2v) is 5.03. The van der Waals surface area contributed by atoms with Gasteiger partial charge in [-0.1, -0.05) is 30.8 Å². The lowest BCUT2D eigenvalue weighted by Crippen LogP contribution is -2.02. The van der Waals surface area contributed by atoms with E-state index in [1.54, 1.807) is 0 Å². The van der Waals surface area contributed by atoms with Crippen LogP contribution in [0, 0.1) is 0 Å². The normalized spacial score (nSPS) is 10.9. The Balaban J connectivity index is 1.76. The number of hydrogen-bond donors (Lipinski definition) is 1. The summed E-state index contributed by atoms with van der Waals surface area (Å²) in [6.45, 7) is 3.80. The van der Waals surface area contributed by atoms with Gasteiger partial charge in [0.1, 0.15) is 0 Å². The lowest BCUT2D eigenvalue weighted by Gasteiger charge is -2.03. The van der Waals surface area contributed by atoms with Gasteiger partial charge in [0.15, 0.2) is 0 Å². The standard InChI is InChI=1S/C18H17NO2/c1-2-18(20)21-11-5-6-13-9-10-17-15(12-13)14-7-3-4-8-16(14)19-17/h2-4,7-10,12,19H,1,5-6,11H2. The molecule has 0 saturated heterocycles. The van der Waals surface area contributed by atoms with Gasteiger partial charge in [-0.3, -0.25) is 0 Å². The highest BCUT2D eigenvalue weighted by Gasteiger charge is 2.04. The van der Waals surface area contributed by atoms with Crippen LogP contribution >= 0.6 is 0 Å². The van der Waals surface area contributed by atoms with E-state index in [1.807, 2.05) is 6.07 Å². The lowest BCUT2D eigenvalue weighted by atomic mass is 10.1. The zero-order valence-corrected chi connectivity index (χ0v) is 11.8. The molecule has 21 heavy (non-hydrogen) atoms. The summed E-state index contributed by atoms with van der Waals surface area (Å²) in [5.41, 5.74) is 3.56. The van der Waals surface area contributed by atoms with Crippen LogP contribution in [0.25, 0.3) is 21.8 Å². The van der Waals surface area contributed by atoms with Crippen LogP contribution < -0.4 is 0 Å². The van der Waals surface area contributed by atoms with E-state index >= 15 is 0 Å². The van der Waals surface area contributed by atoms with E-state index < -0.39 is 0 Å². The van der Waals surface area contributed by atoms with Crippen LogP contribution in [0.5, 0.6) is 0 Å². The van der Waals surface area contributed by atoms with Crippen LogP contribution in [0.2, 0.25) is 0 Å². The maximum Gasteiger partial charge on any atom is 0.330 e. The maximum absolute atomic E-state index is 11.0. The van der Waals surface area contributed by atoms with Crippen LogP contribution in [0.15, 0.2) is 55.1 Å². The van der Waals surface area contributed by atoms with Crippen molar-refractivity contribution in [2.24, 2.45) is 0 Å². The monoisotopic (exact) mass is 279 g/mol. The Bertz CT molecular complexity index is 801. The third kappa shape index (κ3) is 2.82. The van der Waals surface area contributed by atoms with E-state index in [-0.39, 0.29) is 5.97 Å². The first-order chi connectivity index (χ1) is 10.3. The molecule has 0 radical (unpaired) electrons. The number of para-hydroxylation sites is 1. The van der Waals surface area contributed by atoms with Gasteiger partial charge in [-0.2, -0.15) is 0 Å². The Morgan fingerprint density at radius 1 is 1.14 bits per heavy atom. The van der Waals surface area contributed by atoms with E-state index in [9.17, 15) is 4.79 Å². The molecule has 0 saturated carbocycles. The Morgan fingerprint density at radius 3 is 2.81 bits per heavy atom. The van der Waals surface area contributed by atoms with E-state index in [4.69, 9.17) is 4.74 Å². The molecule has 0 aliphatic carbocycles. The highest BCUT2D eigenvalue weighted by atomic mass is 16.5. The minimum absolute atomic E-state index is 0.359. The van der Waals surface area contributed by atoms with Crippen LogP contribution in [0.4, 0.5) is 0 Å². The van der Waals surface area contributed by atoms with Gasteiger partial charge in [0.05, 0.1) is 6.61 Å². The third-order valence-corrected chi connectivity index (χ3v) is 3.59. The topological polar surface area (TPSA) is 42.1 Å². The molecule has 106 valence electrons. The number of aromatic nitrogens is 1. The molecule has 0 unspecified atom stereocenters. The van der Waals surface area contributed by atoms with Crippen molar-refractivity contribution in [3.63, 3.8) is 0 Å². The van der Waals surface area contributed by atoms with Gasteiger partial charge in [0, 0.05) is 27.9 Å². The van der Waals surface area contributed by atoms with Crippen LogP contribution in [0.3, 0.4) is 0 Å². The molecule has 3 nitrogen and oxygen atoms in total. The minimum atomic E-state index is -0.359. The first-order valence-electron chi connectivity index (χ1n) is 7.06. The third-order valence-electron chi connectivity index (χ3n) is 3.59. The fourth-order valence-corrected chi connectivity index (χ4v) is 2.56. The van der Waals surface area contributed by atoms with Gasteiger partial charge < -0.3 is 9.72 Å². The van der Waals surface area contributed by atoms with Gasteiger partial charge in [-0.15, -0.1) is 0 Å². The Kier molecular flexibility index (Phi) is 3.73. The number of aromatic amines is 1. The fraction of sp³-hybridized carbons (Fsp3) is 0.167. The van der Waals surface area contributed by atoms with Crippen LogP contribution in [-0.2, 0) is 16.0 Å². The van der Waals surface area contributed by atoms with Gasteiger partial charge in [0.2, 0.25) is 0 Å². The number of carbonyl (C=O) groups excluding carboxylic acids is 1. The molecule has 1 aromatic heterocycles. The Hall–Kier alpha value is -2.55. The van der Waals surface area contributed by atoms with E-state index in [2.05, 4.69) is 48.0 Å². The number of rotatable bonds is 5. The van der Waals surface area contributed by atoms with Crippen molar-refractivity contribution >= 4 is 27.8 Å². The first-order valence-corrected chi connectivity index (χ1v) is 7.06. The number of nitrogens with one attached hydrogen (secondary N) is 1. The van der Waals surface area contributed by atoms with Crippen molar-refractivity contribution in [1.82, 2.24) is 4.98 Å². The predicted octanol–water partition coefficient (Wildman–Crippen LogP) is 3.98. The van der Waals surface area contributed by atoms with Crippen molar-refractivity contribution in [1.29, 1.82) is 0 Å². The van der Waals surface area contributed by atoms with E-state index in [0.717, 1.165) is 23.9 Å². The van der Waals surface area contributed by atoms with Crippen molar-refractivity contribution < 1.29 is 9.53 Å². The highest BCUT2D eigenvalue weighted by Crippen LogP contribution is 2.26. The summed E-state index contributed by atoms with van der Waals surface area (Å²) >= 11 is 0. The van der Waals surface area contributed by atoms with E-state index in [1.165, 1.54) is 22.4 Å². The molecule has 3 rings (SSSR count). The summed E-state index contributed by atoms with van der Waals surface area (Å²) in [6, 6.07) is 14.7. The Labute approximate surface area is 123 Å². The van der Waals surface area contributed by atoms with Gasteiger partial charge >= 0.3 is 5.97 Å². The zero-order chi connectivity index (χ0) is 14.7. The average molecular weight is 279 g/mol. The summed E-state index contributed by atoms with van der Waals surface area (Å²) in [4.78, 5) is 14.4. The summed E-state index contributed by atoms with van der Waals surface area (Å²) in [6.07, 6.45) is 2.89. The number of carbonyl (C=O) groups is 1. The molecule has 1 N–H and O–H groups in total. The van der Waals surface area contributed by atoms with Crippen molar-refractivity contribution in [3.05, 3.63) is 60.7 Å². The quantitative estimate of drug-likeness (QED) is 0.436. The van der Waals surface area contributed by atoms with Gasteiger partial charge in [-0.05, 0) is 36.6 Å². The smallest absolute Gasteiger partial charge is 0.330 e. The number of hydrogen-bond acceptors (Lipinski definition) is 2. The number of fused-ring (bicyclic) bond motifs is 3. The molecule has 0 atom stereocenters. The largest absolute Gasteiger partial charge is 0.463 e. The van der Waals surface area contributed by atoms with Crippen molar-refractivity contribution in [3.8, 4) is 0 Å². The number of H-pyrrole nitrogens is 1. The molecule has 0 fully saturated rings. The highest BCUT2D eigenvalue weighted by molar-refractivity contribution is 6.07. The number of benzene rings is 2. The minimum Gasteiger partial charge on any atom is -0.463 e. The average Bonchev–Trinajstić information content (AvgIpc) is 2.89. The molecule has 1 heterocycles. The summed E-state index contributed by atoms with van der Waals surface area (Å²) in [5.74, 6) is -0.359. The Morgan fingerprint density at radius 2 is 1.95 bits per heavy atom. The molecule has 0 amide bonds. The van der Waals surface area contributed by atoms with E-state index in [0.29, 0.717) is 6.61 Å². The number of ether oxygens (including phenoxy) is 1. The first kappa shape index (κ1) is 13.4. The summed E-state index contributed by atoms with van der Waals surface area (Å²) < 4.78 is 4.99. The molecule has 2 aromatic carbocycles. The molecular formula is C18H17NO2. The van der Waals surface area contributed by atoms with Gasteiger partial charge in [0.25, 0.3) is 0 Å². The molecule has 3 aromatic rings. The maximum atomic E-state index is 11.0. The fourth-order valence-electron chi connectivity index (χ4n) is 2.56. The molecule has 0 aliphatic heterocycles. The number of esters is 1. The SMILES string of the molecule is C=CC(=O)OCCCc1ccc2[nH]c3ccccc3c2c1. The predicted molar refractivity (Wildman–Crippen MR) is 85.3 cm³/mol. The second-order valence-electron chi connectivity index (χ2n) is 5.03. The van der Waals surface area contributed by atoms with Crippen molar-refractivity contribution in [2.75, 3.05) is 6.61 Å². The molecule has 0 aliphatic rings. The second kappa shape index (κ2) is 5.83. The van der Waals surface area contributed by atoms with Crippen LogP contribution in [0.1, 0.15) is 12.0 Å². The molecule has 3 heteroatoms. The van der Waals surface area contributed by atoms with Crippen LogP contribution in [-0.4, -0.2) is 17.6 Å². The molecule has 0 bridgehead atoms. The zero-order valence-electron chi connectivity index (χ0n) is 11.8. The number of aryl methyl sites for hydroxylation is 1. The molecule has 0 spiro atoms. The lowest BCUT2D eigenvalue weighted by molar-refractivity contribution is -0.137. The molecular weight excluding hydrogens is 262 g/mol. The van der Waals surface area contributed by atoms with Crippen molar-refractivity contribution in [2.45, 2.75) is 12.8 Å². The van der Waals surface area contributed by atoms with Gasteiger partial charge in [-0.25, -0.2) is 4.79 Å². The summed E-state index contributed by atoms with van der Waals surface area (Å²) in [5, 5.41) is 2.48. The summed E-state index contributed by atoms with van der Waals surface area (Å²) in [7, 11) is 0.